The largest absolute Gasteiger partial charge is 0.317 e. The van der Waals surface area contributed by atoms with Crippen LogP contribution in [0.3, 0.4) is 0 Å². The summed E-state index contributed by atoms with van der Waals surface area (Å²) in [6, 6.07) is 17.2. The molecule has 0 bridgehead atoms. The fraction of sp³-hybridized carbons (Fsp3) is 0.381. The third kappa shape index (κ3) is 3.16. The van der Waals surface area contributed by atoms with Crippen LogP contribution in [0.5, 0.6) is 0 Å². The SMILES string of the molecule is Cc1cccc(-n2c(=S)n(C[NH+]3CCC(C)CC3)c3ccccc32)c1. The molecule has 3 aromatic rings. The van der Waals surface area contributed by atoms with Gasteiger partial charge in [0.25, 0.3) is 0 Å². The van der Waals surface area contributed by atoms with Crippen LogP contribution in [0.2, 0.25) is 0 Å². The average Bonchev–Trinajstić information content (AvgIpc) is 2.89. The number of rotatable bonds is 3. The van der Waals surface area contributed by atoms with E-state index in [4.69, 9.17) is 12.2 Å². The summed E-state index contributed by atoms with van der Waals surface area (Å²) >= 11 is 5.92. The normalized spacial score (nSPS) is 20.9. The number of aryl methyl sites for hydroxylation is 1. The molecule has 0 aliphatic carbocycles. The molecule has 4 rings (SSSR count). The topological polar surface area (TPSA) is 14.3 Å². The van der Waals surface area contributed by atoms with Crippen LogP contribution >= 0.6 is 12.2 Å². The summed E-state index contributed by atoms with van der Waals surface area (Å²) in [5.41, 5.74) is 4.84. The quantitative estimate of drug-likeness (QED) is 0.709. The van der Waals surface area contributed by atoms with Gasteiger partial charge in [0.05, 0.1) is 24.1 Å². The third-order valence-electron chi connectivity index (χ3n) is 5.46. The van der Waals surface area contributed by atoms with E-state index in [0.717, 1.165) is 23.0 Å². The summed E-state index contributed by atoms with van der Waals surface area (Å²) in [6.45, 7) is 7.95. The summed E-state index contributed by atoms with van der Waals surface area (Å²) in [7, 11) is 0. The van der Waals surface area contributed by atoms with Crippen molar-refractivity contribution in [2.45, 2.75) is 33.4 Å². The zero-order valence-electron chi connectivity index (χ0n) is 15.0. The van der Waals surface area contributed by atoms with Gasteiger partial charge in [-0.2, -0.15) is 0 Å². The van der Waals surface area contributed by atoms with E-state index in [9.17, 15) is 0 Å². The van der Waals surface area contributed by atoms with Gasteiger partial charge in [0.1, 0.15) is 0 Å². The van der Waals surface area contributed by atoms with Crippen molar-refractivity contribution in [3.63, 3.8) is 0 Å². The van der Waals surface area contributed by atoms with Gasteiger partial charge in [-0.1, -0.05) is 31.2 Å². The van der Waals surface area contributed by atoms with E-state index in [1.165, 1.54) is 42.5 Å². The molecular formula is C21H26N3S+. The molecule has 1 N–H and O–H groups in total. The summed E-state index contributed by atoms with van der Waals surface area (Å²) in [5.74, 6) is 0.866. The van der Waals surface area contributed by atoms with Crippen molar-refractivity contribution in [2.24, 2.45) is 5.92 Å². The van der Waals surface area contributed by atoms with Gasteiger partial charge in [-0.25, -0.2) is 0 Å². The summed E-state index contributed by atoms with van der Waals surface area (Å²) in [6.07, 6.45) is 2.64. The molecule has 130 valence electrons. The van der Waals surface area contributed by atoms with Gasteiger partial charge < -0.3 is 4.90 Å². The summed E-state index contributed by atoms with van der Waals surface area (Å²) in [5, 5.41) is 0. The number of fused-ring (bicyclic) bond motifs is 1. The van der Waals surface area contributed by atoms with Crippen LogP contribution in [0.1, 0.15) is 25.3 Å². The first-order valence-electron chi connectivity index (χ1n) is 9.24. The van der Waals surface area contributed by atoms with Crippen LogP contribution in [0, 0.1) is 17.6 Å². The molecule has 4 heteroatoms. The van der Waals surface area contributed by atoms with Crippen molar-refractivity contribution in [2.75, 3.05) is 13.1 Å². The zero-order chi connectivity index (χ0) is 17.4. The van der Waals surface area contributed by atoms with Crippen molar-refractivity contribution >= 4 is 23.3 Å². The molecule has 2 heterocycles. The highest BCUT2D eigenvalue weighted by atomic mass is 32.1. The van der Waals surface area contributed by atoms with E-state index in [2.05, 4.69) is 71.5 Å². The summed E-state index contributed by atoms with van der Waals surface area (Å²) < 4.78 is 5.46. The first-order valence-corrected chi connectivity index (χ1v) is 9.65. The van der Waals surface area contributed by atoms with E-state index >= 15 is 0 Å². The van der Waals surface area contributed by atoms with Gasteiger partial charge in [0, 0.05) is 5.69 Å². The predicted molar refractivity (Wildman–Crippen MR) is 106 cm³/mol. The molecule has 0 amide bonds. The number of benzene rings is 2. The fourth-order valence-electron chi connectivity index (χ4n) is 3.93. The molecule has 1 saturated heterocycles. The number of nitrogens with zero attached hydrogens (tertiary/aromatic N) is 2. The Morgan fingerprint density at radius 2 is 1.76 bits per heavy atom. The zero-order valence-corrected chi connectivity index (χ0v) is 15.9. The predicted octanol–water partition coefficient (Wildman–Crippen LogP) is 3.74. The number of aromatic nitrogens is 2. The monoisotopic (exact) mass is 352 g/mol. The molecule has 0 spiro atoms. The standard InChI is InChI=1S/C21H25N3S/c1-16-10-12-22(13-11-16)15-23-19-8-3-4-9-20(19)24(21(23)25)18-7-5-6-17(2)14-18/h3-9,14,16H,10-13,15H2,1-2H3/p+1. The molecule has 1 aromatic heterocycles. The second-order valence-corrected chi connectivity index (χ2v) is 7.83. The van der Waals surface area contributed by atoms with Gasteiger partial charge >= 0.3 is 0 Å². The van der Waals surface area contributed by atoms with Gasteiger partial charge in [0.15, 0.2) is 11.4 Å². The van der Waals surface area contributed by atoms with Crippen molar-refractivity contribution < 1.29 is 4.90 Å². The molecule has 0 radical (unpaired) electrons. The van der Waals surface area contributed by atoms with Gasteiger partial charge in [-0.15, -0.1) is 0 Å². The minimum Gasteiger partial charge on any atom is -0.317 e. The van der Waals surface area contributed by atoms with Crippen molar-refractivity contribution in [3.05, 3.63) is 58.9 Å². The number of hydrogen-bond acceptors (Lipinski definition) is 1. The number of piperidine rings is 1. The van der Waals surface area contributed by atoms with Crippen LogP contribution in [-0.2, 0) is 6.67 Å². The maximum absolute atomic E-state index is 5.92. The number of imidazole rings is 1. The lowest BCUT2D eigenvalue weighted by atomic mass is 10.00. The number of para-hydroxylation sites is 2. The Morgan fingerprint density at radius 1 is 1.04 bits per heavy atom. The number of nitrogens with one attached hydrogen (secondary N) is 1. The Labute approximate surface area is 154 Å². The number of quaternary nitrogens is 1. The van der Waals surface area contributed by atoms with Crippen LogP contribution in [0.25, 0.3) is 16.7 Å². The lowest BCUT2D eigenvalue weighted by Gasteiger charge is -2.27. The molecule has 0 unspecified atom stereocenters. The Balaban J connectivity index is 1.80. The van der Waals surface area contributed by atoms with E-state index in [1.807, 2.05) is 0 Å². The highest BCUT2D eigenvalue weighted by Crippen LogP contribution is 2.22. The first kappa shape index (κ1) is 16.6. The van der Waals surface area contributed by atoms with Crippen LogP contribution in [0.15, 0.2) is 48.5 Å². The van der Waals surface area contributed by atoms with Crippen molar-refractivity contribution in [3.8, 4) is 5.69 Å². The first-order chi connectivity index (χ1) is 12.1. The smallest absolute Gasteiger partial charge is 0.189 e. The van der Waals surface area contributed by atoms with E-state index in [0.29, 0.717) is 0 Å². The second-order valence-electron chi connectivity index (χ2n) is 7.46. The Kier molecular flexibility index (Phi) is 4.48. The van der Waals surface area contributed by atoms with Crippen LogP contribution < -0.4 is 4.90 Å². The van der Waals surface area contributed by atoms with E-state index < -0.39 is 0 Å². The lowest BCUT2D eigenvalue weighted by molar-refractivity contribution is -0.928. The van der Waals surface area contributed by atoms with Gasteiger partial charge in [0.2, 0.25) is 0 Å². The number of hydrogen-bond donors (Lipinski definition) is 1. The molecular weight excluding hydrogens is 326 g/mol. The third-order valence-corrected chi connectivity index (χ3v) is 5.86. The molecule has 1 aliphatic heterocycles. The highest BCUT2D eigenvalue weighted by Gasteiger charge is 2.21. The lowest BCUT2D eigenvalue weighted by Crippen LogP contribution is -3.12. The summed E-state index contributed by atoms with van der Waals surface area (Å²) in [4.78, 5) is 1.64. The van der Waals surface area contributed by atoms with Gasteiger partial charge in [-0.3, -0.25) is 9.13 Å². The molecule has 0 saturated carbocycles. The maximum Gasteiger partial charge on any atom is 0.189 e. The Hall–Kier alpha value is -1.91. The van der Waals surface area contributed by atoms with Crippen LogP contribution in [0.4, 0.5) is 0 Å². The molecule has 1 aliphatic rings. The van der Waals surface area contributed by atoms with E-state index in [-0.39, 0.29) is 0 Å². The molecule has 25 heavy (non-hydrogen) atoms. The minimum absolute atomic E-state index is 0.866. The van der Waals surface area contributed by atoms with E-state index in [1.54, 1.807) is 4.90 Å². The van der Waals surface area contributed by atoms with Gasteiger partial charge in [-0.05, 0) is 67.7 Å². The second kappa shape index (κ2) is 6.77. The molecule has 1 fully saturated rings. The van der Waals surface area contributed by atoms with Crippen molar-refractivity contribution in [1.29, 1.82) is 0 Å². The molecule has 3 nitrogen and oxygen atoms in total. The Morgan fingerprint density at radius 3 is 2.48 bits per heavy atom. The minimum atomic E-state index is 0.866. The number of likely N-dealkylation sites (tertiary alicyclic amines) is 1. The average molecular weight is 353 g/mol. The molecule has 2 aromatic carbocycles. The fourth-order valence-corrected chi connectivity index (χ4v) is 4.30. The Bertz CT molecular complexity index is 945. The van der Waals surface area contributed by atoms with Crippen molar-refractivity contribution in [1.82, 2.24) is 9.13 Å². The van der Waals surface area contributed by atoms with Crippen LogP contribution in [-0.4, -0.2) is 22.2 Å². The molecule has 0 atom stereocenters. The maximum atomic E-state index is 5.92. The highest BCUT2D eigenvalue weighted by molar-refractivity contribution is 7.71.